The number of rotatable bonds is 6. The van der Waals surface area contributed by atoms with Crippen LogP contribution in [-0.4, -0.2) is 21.0 Å². The Morgan fingerprint density at radius 1 is 1.00 bits per heavy atom. The minimum Gasteiger partial charge on any atom is -0.478 e. The Bertz CT molecular complexity index is 1020. The molecular formula is C22H24N4O2. The molecule has 144 valence electrons. The van der Waals surface area contributed by atoms with Gasteiger partial charge in [0.2, 0.25) is 5.95 Å². The largest absolute Gasteiger partial charge is 0.478 e. The molecule has 0 aliphatic carbocycles. The molecule has 3 N–H and O–H groups in total. The van der Waals surface area contributed by atoms with Gasteiger partial charge in [-0.05, 0) is 43.0 Å². The lowest BCUT2D eigenvalue weighted by atomic mass is 9.98. The SMILES string of the molecule is Cc1cc(Nc2ccccc2C(=O)O)nc(Nc2c(C)cccc2C(C)C)n1. The van der Waals surface area contributed by atoms with E-state index in [4.69, 9.17) is 0 Å². The molecule has 0 unspecified atom stereocenters. The lowest BCUT2D eigenvalue weighted by molar-refractivity contribution is 0.0698. The number of aryl methyl sites for hydroxylation is 2. The fraction of sp³-hybridized carbons (Fsp3) is 0.227. The number of carbonyl (C=O) groups is 1. The van der Waals surface area contributed by atoms with Crippen LogP contribution in [-0.2, 0) is 0 Å². The van der Waals surface area contributed by atoms with Gasteiger partial charge < -0.3 is 15.7 Å². The zero-order chi connectivity index (χ0) is 20.3. The van der Waals surface area contributed by atoms with Gasteiger partial charge in [-0.2, -0.15) is 4.98 Å². The molecule has 0 saturated carbocycles. The topological polar surface area (TPSA) is 87.1 Å². The number of anilines is 4. The molecule has 0 aliphatic heterocycles. The number of hydrogen-bond donors (Lipinski definition) is 3. The molecule has 28 heavy (non-hydrogen) atoms. The number of nitrogens with zero attached hydrogens (tertiary/aromatic N) is 2. The van der Waals surface area contributed by atoms with Crippen molar-refractivity contribution in [3.05, 3.63) is 70.9 Å². The van der Waals surface area contributed by atoms with Crippen LogP contribution in [0.1, 0.15) is 46.9 Å². The minimum absolute atomic E-state index is 0.189. The lowest BCUT2D eigenvalue weighted by Gasteiger charge is -2.17. The van der Waals surface area contributed by atoms with Crippen LogP contribution < -0.4 is 10.6 Å². The van der Waals surface area contributed by atoms with Crippen LogP contribution in [0.25, 0.3) is 0 Å². The Kier molecular flexibility index (Phi) is 5.59. The number of aromatic nitrogens is 2. The quantitative estimate of drug-likeness (QED) is 0.534. The lowest BCUT2D eigenvalue weighted by Crippen LogP contribution is -2.07. The molecule has 0 atom stereocenters. The first-order chi connectivity index (χ1) is 13.3. The van der Waals surface area contributed by atoms with Gasteiger partial charge >= 0.3 is 5.97 Å². The Morgan fingerprint density at radius 2 is 1.75 bits per heavy atom. The monoisotopic (exact) mass is 376 g/mol. The van der Waals surface area contributed by atoms with Crippen LogP contribution in [0, 0.1) is 13.8 Å². The van der Waals surface area contributed by atoms with E-state index in [1.807, 2.05) is 26.0 Å². The number of para-hydroxylation sites is 2. The predicted octanol–water partition coefficient (Wildman–Crippen LogP) is 5.40. The van der Waals surface area contributed by atoms with E-state index in [-0.39, 0.29) is 5.56 Å². The molecule has 0 aliphatic rings. The van der Waals surface area contributed by atoms with E-state index in [1.54, 1.807) is 30.3 Å². The van der Waals surface area contributed by atoms with Gasteiger partial charge in [0.05, 0.1) is 11.3 Å². The number of carboxylic acids is 1. The van der Waals surface area contributed by atoms with Crippen molar-refractivity contribution in [1.82, 2.24) is 9.97 Å². The van der Waals surface area contributed by atoms with Crippen molar-refractivity contribution in [1.29, 1.82) is 0 Å². The number of nitrogens with one attached hydrogen (secondary N) is 2. The van der Waals surface area contributed by atoms with E-state index >= 15 is 0 Å². The van der Waals surface area contributed by atoms with Crippen molar-refractivity contribution in [2.45, 2.75) is 33.6 Å². The average molecular weight is 376 g/mol. The number of benzene rings is 2. The summed E-state index contributed by atoms with van der Waals surface area (Å²) in [6.45, 7) is 8.22. The molecule has 3 rings (SSSR count). The van der Waals surface area contributed by atoms with Crippen LogP contribution in [0.3, 0.4) is 0 Å². The van der Waals surface area contributed by atoms with E-state index in [2.05, 4.69) is 40.5 Å². The van der Waals surface area contributed by atoms with E-state index in [9.17, 15) is 9.90 Å². The van der Waals surface area contributed by atoms with Gasteiger partial charge in [-0.3, -0.25) is 0 Å². The Balaban J connectivity index is 1.95. The fourth-order valence-corrected chi connectivity index (χ4v) is 3.06. The molecule has 0 fully saturated rings. The third-order valence-corrected chi connectivity index (χ3v) is 4.44. The van der Waals surface area contributed by atoms with E-state index < -0.39 is 5.97 Å². The normalized spacial score (nSPS) is 10.8. The van der Waals surface area contributed by atoms with Crippen LogP contribution in [0.5, 0.6) is 0 Å². The zero-order valence-electron chi connectivity index (χ0n) is 16.4. The maximum Gasteiger partial charge on any atom is 0.337 e. The minimum atomic E-state index is -0.992. The first-order valence-electron chi connectivity index (χ1n) is 9.16. The van der Waals surface area contributed by atoms with Crippen molar-refractivity contribution < 1.29 is 9.90 Å². The molecule has 0 saturated heterocycles. The molecule has 0 radical (unpaired) electrons. The summed E-state index contributed by atoms with van der Waals surface area (Å²) < 4.78 is 0. The maximum atomic E-state index is 11.4. The smallest absolute Gasteiger partial charge is 0.337 e. The van der Waals surface area contributed by atoms with Gasteiger partial charge in [0, 0.05) is 17.4 Å². The summed E-state index contributed by atoms with van der Waals surface area (Å²) in [5.41, 5.74) is 4.75. The van der Waals surface area contributed by atoms with Gasteiger partial charge in [-0.25, -0.2) is 9.78 Å². The summed E-state index contributed by atoms with van der Waals surface area (Å²) in [7, 11) is 0. The third-order valence-electron chi connectivity index (χ3n) is 4.44. The molecular weight excluding hydrogens is 352 g/mol. The number of hydrogen-bond acceptors (Lipinski definition) is 5. The van der Waals surface area contributed by atoms with Gasteiger partial charge in [0.15, 0.2) is 0 Å². The van der Waals surface area contributed by atoms with Crippen molar-refractivity contribution in [3.8, 4) is 0 Å². The molecule has 6 heteroatoms. The Hall–Kier alpha value is -3.41. The first-order valence-corrected chi connectivity index (χ1v) is 9.16. The highest BCUT2D eigenvalue weighted by molar-refractivity contribution is 5.95. The summed E-state index contributed by atoms with van der Waals surface area (Å²) in [5, 5.41) is 15.8. The van der Waals surface area contributed by atoms with Crippen molar-refractivity contribution >= 4 is 29.1 Å². The predicted molar refractivity (Wildman–Crippen MR) is 112 cm³/mol. The second-order valence-corrected chi connectivity index (χ2v) is 7.01. The summed E-state index contributed by atoms with van der Waals surface area (Å²) in [4.78, 5) is 20.5. The van der Waals surface area contributed by atoms with E-state index in [0.717, 1.165) is 16.9 Å². The molecule has 1 aromatic heterocycles. The zero-order valence-corrected chi connectivity index (χ0v) is 16.4. The maximum absolute atomic E-state index is 11.4. The Morgan fingerprint density at radius 3 is 2.46 bits per heavy atom. The Labute approximate surface area is 164 Å². The molecule has 3 aromatic rings. The number of aromatic carboxylic acids is 1. The highest BCUT2D eigenvalue weighted by Crippen LogP contribution is 2.30. The van der Waals surface area contributed by atoms with Crippen molar-refractivity contribution in [2.24, 2.45) is 0 Å². The van der Waals surface area contributed by atoms with Gasteiger partial charge in [-0.1, -0.05) is 44.2 Å². The van der Waals surface area contributed by atoms with Crippen LogP contribution in [0.15, 0.2) is 48.5 Å². The van der Waals surface area contributed by atoms with Crippen molar-refractivity contribution in [2.75, 3.05) is 10.6 Å². The number of carboxylic acid groups (broad SMARTS) is 1. The summed E-state index contributed by atoms with van der Waals surface area (Å²) in [6, 6.07) is 14.7. The van der Waals surface area contributed by atoms with Crippen LogP contribution in [0.2, 0.25) is 0 Å². The summed E-state index contributed by atoms with van der Waals surface area (Å²) in [5.74, 6) is 0.357. The van der Waals surface area contributed by atoms with Crippen LogP contribution >= 0.6 is 0 Å². The summed E-state index contributed by atoms with van der Waals surface area (Å²) >= 11 is 0. The first kappa shape index (κ1) is 19.4. The van der Waals surface area contributed by atoms with E-state index in [1.165, 1.54) is 5.56 Å². The van der Waals surface area contributed by atoms with Gasteiger partial charge in [0.25, 0.3) is 0 Å². The second-order valence-electron chi connectivity index (χ2n) is 7.01. The highest BCUT2D eigenvalue weighted by atomic mass is 16.4. The average Bonchev–Trinajstić information content (AvgIpc) is 2.63. The van der Waals surface area contributed by atoms with E-state index in [0.29, 0.717) is 23.4 Å². The van der Waals surface area contributed by atoms with Gasteiger partial charge in [0.1, 0.15) is 5.82 Å². The second kappa shape index (κ2) is 8.08. The molecule has 0 amide bonds. The molecule has 0 spiro atoms. The van der Waals surface area contributed by atoms with Gasteiger partial charge in [-0.15, -0.1) is 0 Å². The molecule has 1 heterocycles. The van der Waals surface area contributed by atoms with Crippen LogP contribution in [0.4, 0.5) is 23.1 Å². The van der Waals surface area contributed by atoms with Crippen molar-refractivity contribution in [3.63, 3.8) is 0 Å². The third kappa shape index (κ3) is 4.28. The molecule has 2 aromatic carbocycles. The molecule has 6 nitrogen and oxygen atoms in total. The molecule has 0 bridgehead atoms. The fourth-order valence-electron chi connectivity index (χ4n) is 3.06. The summed E-state index contributed by atoms with van der Waals surface area (Å²) in [6.07, 6.45) is 0. The standard InChI is InChI=1S/C22H24N4O2/c1-13(2)16-10-7-8-14(3)20(16)26-22-23-15(4)12-19(25-22)24-18-11-6-5-9-17(18)21(27)28/h5-13H,1-4H3,(H,27,28)(H2,23,24,25,26). The highest BCUT2D eigenvalue weighted by Gasteiger charge is 2.13.